The van der Waals surface area contributed by atoms with Crippen LogP contribution in [0.4, 0.5) is 0 Å². The maximum absolute atomic E-state index is 11.0. The van der Waals surface area contributed by atoms with Crippen molar-refractivity contribution in [1.29, 1.82) is 0 Å². The van der Waals surface area contributed by atoms with E-state index < -0.39 is 40.5 Å². The Kier molecular flexibility index (Phi) is 5.14. The average Bonchev–Trinajstić information content (AvgIpc) is 2.19. The van der Waals surface area contributed by atoms with Gasteiger partial charge in [0.15, 0.2) is 18.5 Å². The third-order valence-electron chi connectivity index (χ3n) is 2.33. The first-order valence-corrected chi connectivity index (χ1v) is 6.39. The molecule has 1 aliphatic rings. The van der Waals surface area contributed by atoms with E-state index in [1.807, 2.05) is 22.6 Å². The van der Waals surface area contributed by atoms with Crippen LogP contribution in [0.3, 0.4) is 0 Å². The Morgan fingerprint density at radius 3 is 2.12 bits per heavy atom. The Balaban J connectivity index is 2.86. The van der Waals surface area contributed by atoms with Crippen molar-refractivity contribution in [3.8, 4) is 0 Å². The van der Waals surface area contributed by atoms with Crippen LogP contribution in [0.1, 0.15) is 20.8 Å². The molecule has 0 aliphatic carbocycles. The van der Waals surface area contributed by atoms with Gasteiger partial charge in [-0.1, -0.05) is 22.6 Å². The van der Waals surface area contributed by atoms with Gasteiger partial charge in [-0.25, -0.2) is 0 Å². The number of aliphatic hydroxyl groups is 1. The zero-order valence-corrected chi connectivity index (χ0v) is 11.9. The monoisotopic (exact) mass is 358 g/mol. The first-order valence-electron chi connectivity index (χ1n) is 5.15. The number of hydrogen-bond donors (Lipinski definition) is 1. The zero-order valence-electron chi connectivity index (χ0n) is 9.75. The molecule has 0 aromatic carbocycles. The summed E-state index contributed by atoms with van der Waals surface area (Å²) in [7, 11) is 0. The number of carbonyl (C=O) groups is 2. The molecular weight excluding hydrogens is 343 g/mol. The van der Waals surface area contributed by atoms with Gasteiger partial charge in [0.25, 0.3) is 0 Å². The van der Waals surface area contributed by atoms with Crippen molar-refractivity contribution in [1.82, 2.24) is 0 Å². The van der Waals surface area contributed by atoms with Gasteiger partial charge in [0.1, 0.15) is 3.92 Å². The second-order valence-corrected chi connectivity index (χ2v) is 5.26. The Morgan fingerprint density at radius 1 is 1.18 bits per heavy atom. The number of esters is 2. The quantitative estimate of drug-likeness (QED) is 0.437. The number of hydrogen-bond acceptors (Lipinski definition) is 6. The lowest BCUT2D eigenvalue weighted by atomic mass is 10.0. The molecular formula is C10H15IO6. The molecule has 1 fully saturated rings. The first-order chi connectivity index (χ1) is 7.82. The number of halogens is 1. The van der Waals surface area contributed by atoms with Gasteiger partial charge in [0.2, 0.25) is 0 Å². The van der Waals surface area contributed by atoms with Crippen LogP contribution in [-0.2, 0) is 23.8 Å². The van der Waals surface area contributed by atoms with Crippen molar-refractivity contribution < 1.29 is 28.9 Å². The average molecular weight is 358 g/mol. The maximum atomic E-state index is 11.0. The van der Waals surface area contributed by atoms with E-state index in [-0.39, 0.29) is 0 Å². The molecule has 0 saturated carbocycles. The molecule has 0 spiro atoms. The predicted octanol–water partition coefficient (Wildman–Crippen LogP) is 0.390. The second kappa shape index (κ2) is 5.96. The van der Waals surface area contributed by atoms with Crippen LogP contribution in [0.2, 0.25) is 0 Å². The van der Waals surface area contributed by atoms with Gasteiger partial charge in [-0.3, -0.25) is 9.59 Å². The lowest BCUT2D eigenvalue weighted by Gasteiger charge is -2.40. The Labute approximate surface area is 113 Å². The van der Waals surface area contributed by atoms with Crippen molar-refractivity contribution in [3.63, 3.8) is 0 Å². The molecule has 1 saturated heterocycles. The molecule has 5 atom stereocenters. The fourth-order valence-corrected chi connectivity index (χ4v) is 2.39. The highest BCUT2D eigenvalue weighted by atomic mass is 127. The zero-order chi connectivity index (χ0) is 13.2. The lowest BCUT2D eigenvalue weighted by molar-refractivity contribution is -0.234. The largest absolute Gasteiger partial charge is 0.457 e. The van der Waals surface area contributed by atoms with Crippen LogP contribution in [0.5, 0.6) is 0 Å². The molecule has 17 heavy (non-hydrogen) atoms. The Hall–Kier alpha value is -0.410. The van der Waals surface area contributed by atoms with E-state index in [0.717, 1.165) is 0 Å². The van der Waals surface area contributed by atoms with Crippen LogP contribution >= 0.6 is 22.6 Å². The molecule has 7 heteroatoms. The summed E-state index contributed by atoms with van der Waals surface area (Å²) in [5.74, 6) is -0.974. The molecule has 0 radical (unpaired) electrons. The fourth-order valence-electron chi connectivity index (χ4n) is 1.66. The van der Waals surface area contributed by atoms with Gasteiger partial charge >= 0.3 is 11.9 Å². The van der Waals surface area contributed by atoms with Crippen LogP contribution < -0.4 is 0 Å². The third kappa shape index (κ3) is 3.78. The number of alkyl halides is 1. The van der Waals surface area contributed by atoms with Crippen LogP contribution in [0, 0.1) is 0 Å². The molecule has 1 heterocycles. The molecule has 0 aromatic rings. The molecule has 6 nitrogen and oxygen atoms in total. The Morgan fingerprint density at radius 2 is 1.65 bits per heavy atom. The number of aliphatic hydroxyl groups excluding tert-OH is 1. The molecule has 0 amide bonds. The predicted molar refractivity (Wildman–Crippen MR) is 65.5 cm³/mol. The highest BCUT2D eigenvalue weighted by molar-refractivity contribution is 14.1. The summed E-state index contributed by atoms with van der Waals surface area (Å²) in [6, 6.07) is 0. The summed E-state index contributed by atoms with van der Waals surface area (Å²) in [6.45, 7) is 4.18. The number of ether oxygens (including phenoxy) is 3. The highest BCUT2D eigenvalue weighted by Gasteiger charge is 2.46. The highest BCUT2D eigenvalue weighted by Crippen LogP contribution is 2.29. The van der Waals surface area contributed by atoms with Gasteiger partial charge < -0.3 is 19.3 Å². The summed E-state index contributed by atoms with van der Waals surface area (Å²) < 4.78 is 14.9. The van der Waals surface area contributed by atoms with E-state index in [1.54, 1.807) is 6.92 Å². The van der Waals surface area contributed by atoms with Crippen LogP contribution in [0.15, 0.2) is 0 Å². The molecule has 1 N–H and O–H groups in total. The van der Waals surface area contributed by atoms with Crippen LogP contribution in [-0.4, -0.2) is 45.6 Å². The number of carbonyl (C=O) groups excluding carboxylic acids is 2. The molecule has 98 valence electrons. The van der Waals surface area contributed by atoms with Gasteiger partial charge in [0, 0.05) is 13.8 Å². The van der Waals surface area contributed by atoms with E-state index >= 15 is 0 Å². The topological polar surface area (TPSA) is 82.1 Å². The summed E-state index contributed by atoms with van der Waals surface area (Å²) in [5.41, 5.74) is 0. The normalized spacial score (nSPS) is 37.4. The van der Waals surface area contributed by atoms with Crippen molar-refractivity contribution in [2.75, 3.05) is 0 Å². The van der Waals surface area contributed by atoms with Crippen molar-refractivity contribution in [3.05, 3.63) is 0 Å². The molecule has 0 aromatic heterocycles. The van der Waals surface area contributed by atoms with Crippen molar-refractivity contribution in [2.45, 2.75) is 49.3 Å². The minimum Gasteiger partial charge on any atom is -0.457 e. The minimum absolute atomic E-state index is 0.484. The van der Waals surface area contributed by atoms with E-state index in [0.29, 0.717) is 0 Å². The molecule has 0 bridgehead atoms. The van der Waals surface area contributed by atoms with Gasteiger partial charge in [-0.05, 0) is 6.92 Å². The summed E-state index contributed by atoms with van der Waals surface area (Å²) >= 11 is 1.91. The molecule has 1 rings (SSSR count). The fraction of sp³-hybridized carbons (Fsp3) is 0.800. The van der Waals surface area contributed by atoms with Gasteiger partial charge in [-0.2, -0.15) is 0 Å². The first kappa shape index (κ1) is 14.7. The van der Waals surface area contributed by atoms with E-state index in [1.165, 1.54) is 13.8 Å². The van der Waals surface area contributed by atoms with Crippen LogP contribution in [0.25, 0.3) is 0 Å². The number of rotatable bonds is 2. The smallest absolute Gasteiger partial charge is 0.303 e. The van der Waals surface area contributed by atoms with Gasteiger partial charge in [0.05, 0.1) is 6.10 Å². The lowest BCUT2D eigenvalue weighted by Crippen LogP contribution is -2.57. The Bertz CT molecular complexity index is 307. The van der Waals surface area contributed by atoms with Gasteiger partial charge in [-0.15, -0.1) is 0 Å². The summed E-state index contributed by atoms with van der Waals surface area (Å²) in [6.07, 6.45) is -3.01. The van der Waals surface area contributed by atoms with E-state index in [9.17, 15) is 14.7 Å². The summed E-state index contributed by atoms with van der Waals surface area (Å²) in [4.78, 5) is 22.0. The maximum Gasteiger partial charge on any atom is 0.303 e. The standard InChI is InChI=1S/C10H15IO6/c1-4-8(16-5(2)12)9(17-6(3)13)7(11)10(14)15-4/h4,7-10,14H,1-3H3/t4-,7-,8-,9-,10-/m0/s1. The second-order valence-electron chi connectivity index (χ2n) is 3.82. The van der Waals surface area contributed by atoms with Crippen molar-refractivity contribution >= 4 is 34.5 Å². The SMILES string of the molecule is CC(=O)O[C@@H]1[C@@H](OC(C)=O)[C@H](I)[C@@H](O)O[C@H]1C. The van der Waals surface area contributed by atoms with Crippen molar-refractivity contribution in [2.24, 2.45) is 0 Å². The minimum atomic E-state index is -1.05. The van der Waals surface area contributed by atoms with E-state index in [2.05, 4.69) is 0 Å². The van der Waals surface area contributed by atoms with E-state index in [4.69, 9.17) is 14.2 Å². The third-order valence-corrected chi connectivity index (χ3v) is 3.65. The molecule has 1 aliphatic heterocycles. The summed E-state index contributed by atoms with van der Waals surface area (Å²) in [5, 5.41) is 9.62. The molecule has 0 unspecified atom stereocenters.